The number of piperidine rings is 1. The van der Waals surface area contributed by atoms with Crippen molar-refractivity contribution in [2.45, 2.75) is 31.8 Å². The van der Waals surface area contributed by atoms with Gasteiger partial charge >= 0.3 is 6.09 Å². The summed E-state index contributed by atoms with van der Waals surface area (Å²) in [4.78, 5) is 13.5. The van der Waals surface area contributed by atoms with Crippen LogP contribution in [-0.2, 0) is 4.74 Å². The molecule has 0 aliphatic carbocycles. The van der Waals surface area contributed by atoms with E-state index in [1.807, 2.05) is 4.90 Å². The molecule has 0 aromatic rings. The van der Waals surface area contributed by atoms with Gasteiger partial charge in [-0.1, -0.05) is 0 Å². The topological polar surface area (TPSA) is 41.6 Å². The van der Waals surface area contributed by atoms with Crippen molar-refractivity contribution in [1.29, 1.82) is 0 Å². The molecule has 1 atom stereocenters. The van der Waals surface area contributed by atoms with Gasteiger partial charge in [-0.05, 0) is 32.2 Å². The Bertz CT molecular complexity index is 196. The number of carbonyl (C=O) groups is 1. The van der Waals surface area contributed by atoms with Gasteiger partial charge in [0, 0.05) is 19.6 Å². The number of rotatable bonds is 1. The average molecular weight is 198 g/mol. The van der Waals surface area contributed by atoms with E-state index in [4.69, 9.17) is 4.74 Å². The third kappa shape index (κ3) is 2.38. The predicted octanol–water partition coefficient (Wildman–Crippen LogP) is 0.971. The first kappa shape index (κ1) is 9.77. The third-order valence-corrected chi connectivity index (χ3v) is 2.90. The Morgan fingerprint density at radius 2 is 2.07 bits per heavy atom. The molecule has 2 rings (SSSR count). The van der Waals surface area contributed by atoms with Gasteiger partial charge in [0.15, 0.2) is 0 Å². The normalized spacial score (nSPS) is 27.7. The van der Waals surface area contributed by atoms with Crippen LogP contribution in [0.1, 0.15) is 25.7 Å². The lowest BCUT2D eigenvalue weighted by atomic mass is 10.1. The number of carbonyl (C=O) groups excluding carboxylic acids is 1. The van der Waals surface area contributed by atoms with Crippen molar-refractivity contribution in [3.63, 3.8) is 0 Å². The van der Waals surface area contributed by atoms with E-state index in [0.29, 0.717) is 0 Å². The van der Waals surface area contributed by atoms with E-state index < -0.39 is 0 Å². The van der Waals surface area contributed by atoms with Crippen molar-refractivity contribution >= 4 is 6.09 Å². The minimum atomic E-state index is -0.113. The molecule has 0 saturated carbocycles. The average Bonchev–Trinajstić information content (AvgIpc) is 2.72. The van der Waals surface area contributed by atoms with Crippen molar-refractivity contribution in [1.82, 2.24) is 10.2 Å². The Morgan fingerprint density at radius 3 is 2.71 bits per heavy atom. The minimum Gasteiger partial charge on any atom is -0.445 e. The molecule has 2 heterocycles. The maximum absolute atomic E-state index is 11.6. The van der Waals surface area contributed by atoms with Gasteiger partial charge in [-0.25, -0.2) is 4.79 Å². The van der Waals surface area contributed by atoms with Crippen LogP contribution in [0.5, 0.6) is 0 Å². The van der Waals surface area contributed by atoms with Crippen LogP contribution >= 0.6 is 0 Å². The largest absolute Gasteiger partial charge is 0.445 e. The summed E-state index contributed by atoms with van der Waals surface area (Å²) < 4.78 is 5.38. The summed E-state index contributed by atoms with van der Waals surface area (Å²) in [6, 6.07) is 0. The Balaban J connectivity index is 1.75. The molecule has 0 spiro atoms. The maximum atomic E-state index is 11.6. The van der Waals surface area contributed by atoms with E-state index in [-0.39, 0.29) is 12.2 Å². The first-order valence-electron chi connectivity index (χ1n) is 5.52. The van der Waals surface area contributed by atoms with E-state index in [0.717, 1.165) is 45.4 Å². The molecule has 2 saturated heterocycles. The van der Waals surface area contributed by atoms with Crippen LogP contribution in [0.15, 0.2) is 0 Å². The molecule has 2 aliphatic heterocycles. The van der Waals surface area contributed by atoms with Gasteiger partial charge in [-0.3, -0.25) is 0 Å². The highest BCUT2D eigenvalue weighted by Gasteiger charge is 2.23. The molecule has 0 bridgehead atoms. The quantitative estimate of drug-likeness (QED) is 0.682. The lowest BCUT2D eigenvalue weighted by molar-refractivity contribution is 0.0650. The lowest BCUT2D eigenvalue weighted by Crippen LogP contribution is -2.38. The van der Waals surface area contributed by atoms with Crippen molar-refractivity contribution in [3.8, 4) is 0 Å². The molecule has 0 radical (unpaired) electrons. The number of hydrogen-bond acceptors (Lipinski definition) is 3. The maximum Gasteiger partial charge on any atom is 0.410 e. The Hall–Kier alpha value is -0.770. The summed E-state index contributed by atoms with van der Waals surface area (Å²) in [5.41, 5.74) is 0. The zero-order valence-corrected chi connectivity index (χ0v) is 8.50. The monoisotopic (exact) mass is 198 g/mol. The van der Waals surface area contributed by atoms with Gasteiger partial charge in [0.25, 0.3) is 0 Å². The standard InChI is InChI=1S/C10H18N2O2/c13-10(12-6-2-1-3-7-12)14-9-4-5-11-8-9/h9,11H,1-8H2. The molecule has 0 aromatic heterocycles. The number of nitrogens with zero attached hydrogens (tertiary/aromatic N) is 1. The van der Waals surface area contributed by atoms with Crippen LogP contribution in [0.4, 0.5) is 4.79 Å². The summed E-state index contributed by atoms with van der Waals surface area (Å²) in [6.07, 6.45) is 4.44. The fourth-order valence-electron chi connectivity index (χ4n) is 2.02. The van der Waals surface area contributed by atoms with Gasteiger partial charge in [-0.15, -0.1) is 0 Å². The van der Waals surface area contributed by atoms with Gasteiger partial charge < -0.3 is 15.0 Å². The zero-order valence-electron chi connectivity index (χ0n) is 8.50. The molecule has 1 N–H and O–H groups in total. The highest BCUT2D eigenvalue weighted by atomic mass is 16.6. The van der Waals surface area contributed by atoms with Crippen molar-refractivity contribution < 1.29 is 9.53 Å². The SMILES string of the molecule is O=C(OC1CCNC1)N1CCCCC1. The Labute approximate surface area is 84.6 Å². The smallest absolute Gasteiger partial charge is 0.410 e. The van der Waals surface area contributed by atoms with Crippen molar-refractivity contribution in [3.05, 3.63) is 0 Å². The van der Waals surface area contributed by atoms with Gasteiger partial charge in [0.1, 0.15) is 6.10 Å². The minimum absolute atomic E-state index is 0.101. The summed E-state index contributed by atoms with van der Waals surface area (Å²) >= 11 is 0. The molecule has 80 valence electrons. The number of hydrogen-bond donors (Lipinski definition) is 1. The second kappa shape index (κ2) is 4.64. The predicted molar refractivity (Wildman–Crippen MR) is 53.2 cm³/mol. The van der Waals surface area contributed by atoms with E-state index in [2.05, 4.69) is 5.32 Å². The van der Waals surface area contributed by atoms with Crippen LogP contribution < -0.4 is 5.32 Å². The molecule has 4 heteroatoms. The fraction of sp³-hybridized carbons (Fsp3) is 0.900. The van der Waals surface area contributed by atoms with E-state index >= 15 is 0 Å². The summed E-state index contributed by atoms with van der Waals surface area (Å²) in [7, 11) is 0. The van der Waals surface area contributed by atoms with Crippen LogP contribution in [0, 0.1) is 0 Å². The van der Waals surface area contributed by atoms with Gasteiger partial charge in [-0.2, -0.15) is 0 Å². The third-order valence-electron chi connectivity index (χ3n) is 2.90. The van der Waals surface area contributed by atoms with Gasteiger partial charge in [0.2, 0.25) is 0 Å². The molecule has 1 unspecified atom stereocenters. The molecule has 0 aromatic carbocycles. The number of ether oxygens (including phenoxy) is 1. The first-order chi connectivity index (χ1) is 6.86. The highest BCUT2D eigenvalue weighted by molar-refractivity contribution is 5.67. The highest BCUT2D eigenvalue weighted by Crippen LogP contribution is 2.12. The molecule has 1 amide bonds. The van der Waals surface area contributed by atoms with Crippen molar-refractivity contribution in [2.75, 3.05) is 26.2 Å². The van der Waals surface area contributed by atoms with Crippen LogP contribution in [0.3, 0.4) is 0 Å². The molecular weight excluding hydrogens is 180 g/mol. The van der Waals surface area contributed by atoms with Crippen LogP contribution in [0.25, 0.3) is 0 Å². The molecule has 4 nitrogen and oxygen atoms in total. The summed E-state index contributed by atoms with van der Waals surface area (Å²) in [5, 5.41) is 3.18. The molecule has 2 aliphatic rings. The second-order valence-corrected chi connectivity index (χ2v) is 4.05. The van der Waals surface area contributed by atoms with E-state index in [1.54, 1.807) is 0 Å². The zero-order chi connectivity index (χ0) is 9.80. The number of nitrogens with one attached hydrogen (secondary N) is 1. The second-order valence-electron chi connectivity index (χ2n) is 4.05. The van der Waals surface area contributed by atoms with E-state index in [9.17, 15) is 4.79 Å². The Kier molecular flexibility index (Phi) is 3.24. The summed E-state index contributed by atoms with van der Waals surface area (Å²) in [6.45, 7) is 3.54. The lowest BCUT2D eigenvalue weighted by Gasteiger charge is -2.27. The molecule has 2 fully saturated rings. The fourth-order valence-corrected chi connectivity index (χ4v) is 2.02. The number of amides is 1. The van der Waals surface area contributed by atoms with Gasteiger partial charge in [0.05, 0.1) is 0 Å². The first-order valence-corrected chi connectivity index (χ1v) is 5.52. The van der Waals surface area contributed by atoms with Crippen LogP contribution in [0.2, 0.25) is 0 Å². The van der Waals surface area contributed by atoms with E-state index in [1.165, 1.54) is 6.42 Å². The summed E-state index contributed by atoms with van der Waals surface area (Å²) in [5.74, 6) is 0. The van der Waals surface area contributed by atoms with Crippen LogP contribution in [-0.4, -0.2) is 43.3 Å². The molecular formula is C10H18N2O2. The number of likely N-dealkylation sites (tertiary alicyclic amines) is 1. The Morgan fingerprint density at radius 1 is 1.29 bits per heavy atom. The molecule has 14 heavy (non-hydrogen) atoms. The van der Waals surface area contributed by atoms with Crippen molar-refractivity contribution in [2.24, 2.45) is 0 Å².